The second-order valence-electron chi connectivity index (χ2n) is 15.8. The molecule has 1 amide bonds. The van der Waals surface area contributed by atoms with Gasteiger partial charge in [-0.3, -0.25) is 18.9 Å². The molecule has 0 atom stereocenters. The third-order valence-electron chi connectivity index (χ3n) is 11.2. The summed E-state index contributed by atoms with van der Waals surface area (Å²) in [7, 11) is -6.51. The maximum Gasteiger partial charge on any atom is 2.00 e. The Kier molecular flexibility index (Phi) is 19.3. The monoisotopic (exact) mass is 1210 g/mol. The number of carbonyl (C=O) groups excluding carboxylic acids is 1. The van der Waals surface area contributed by atoms with E-state index in [4.69, 9.17) is 32.7 Å². The van der Waals surface area contributed by atoms with Crippen molar-refractivity contribution < 1.29 is 55.5 Å². The first-order valence-corrected chi connectivity index (χ1v) is 25.7. The van der Waals surface area contributed by atoms with Gasteiger partial charge in [0.25, 0.3) is 26.1 Å². The van der Waals surface area contributed by atoms with Gasteiger partial charge in [0.1, 0.15) is 38.4 Å². The van der Waals surface area contributed by atoms with Crippen LogP contribution < -0.4 is 25.0 Å². The van der Waals surface area contributed by atoms with Gasteiger partial charge in [0, 0.05) is 28.6 Å². The number of rotatable bonds is 14. The van der Waals surface area contributed by atoms with E-state index in [0.29, 0.717) is 68.4 Å². The van der Waals surface area contributed by atoms with Crippen molar-refractivity contribution in [1.29, 1.82) is 0 Å². The van der Waals surface area contributed by atoms with Gasteiger partial charge in [0.05, 0.1) is 41.2 Å². The number of phenols is 1. The van der Waals surface area contributed by atoms with Gasteiger partial charge in [-0.15, -0.1) is 15.3 Å². The number of amides is 1. The largest absolute Gasteiger partial charge is 2.00 e. The standard InChI is InChI=1S/2C26H22ClN3O6S.Ba/c2*1-3-15-11-12-21(25(22(15)27)37(33,34)35)29-30-23-19-10-5-4-7-16(19)13-20(24(23)31)26(32)28-17-8-6-9-18(14-17)36-2;/h2*4-14,31H,3H2,1-2H3,(H,28,32)(H,33,34,35);/q;;+2/p-2. The van der Waals surface area contributed by atoms with Gasteiger partial charge in [0.15, 0.2) is 5.75 Å². The van der Waals surface area contributed by atoms with E-state index in [-0.39, 0.29) is 92.8 Å². The van der Waals surface area contributed by atoms with Crippen molar-refractivity contribution >= 4 is 160 Å². The van der Waals surface area contributed by atoms with Crippen LogP contribution in [-0.4, -0.2) is 106 Å². The molecule has 0 unspecified atom stereocenters. The van der Waals surface area contributed by atoms with E-state index < -0.39 is 53.3 Å². The summed E-state index contributed by atoms with van der Waals surface area (Å²) in [6.45, 7) is 3.55. The first-order valence-electron chi connectivity index (χ1n) is 22.0. The van der Waals surface area contributed by atoms with E-state index in [1.54, 1.807) is 123 Å². The van der Waals surface area contributed by atoms with Crippen molar-refractivity contribution in [2.24, 2.45) is 25.4 Å². The average Bonchev–Trinajstić information content (AvgIpc) is 3.37. The number of azo groups is 2. The molecule has 0 bridgehead atoms. The van der Waals surface area contributed by atoms with Crippen molar-refractivity contribution in [2.45, 2.75) is 36.5 Å². The first-order chi connectivity index (χ1) is 35.3. The van der Waals surface area contributed by atoms with Gasteiger partial charge in [-0.05, 0) is 94.7 Å². The molecule has 23 heteroatoms. The van der Waals surface area contributed by atoms with Crippen LogP contribution in [0.2, 0.25) is 10.0 Å². The summed E-state index contributed by atoms with van der Waals surface area (Å²) in [4.78, 5) is 15.9. The number of aliphatic imine (C=N–C) groups is 1. The molecule has 0 saturated heterocycles. The van der Waals surface area contributed by atoms with E-state index in [1.807, 2.05) is 0 Å². The number of nitrogens with one attached hydrogen (secondary N) is 1. The molecule has 4 N–H and O–H groups in total. The third-order valence-corrected chi connectivity index (χ3v) is 14.1. The Morgan fingerprint density at radius 2 is 1.11 bits per heavy atom. The molecule has 0 aliphatic carbocycles. The Bertz CT molecular complexity index is 3830. The zero-order valence-corrected chi connectivity index (χ0v) is 47.7. The number of fused-ring (bicyclic) bond motifs is 2. The number of methoxy groups -OCH3 is 2. The Balaban J connectivity index is 0.000000241. The summed E-state index contributed by atoms with van der Waals surface area (Å²) in [6.07, 6.45) is 0.837. The number of nitrogens with zero attached hydrogens (tertiary/aromatic N) is 5. The predicted molar refractivity (Wildman–Crippen MR) is 285 cm³/mol. The second kappa shape index (κ2) is 25.0. The molecule has 0 heterocycles. The molecule has 8 rings (SSSR count). The molecule has 75 heavy (non-hydrogen) atoms. The fourth-order valence-corrected chi connectivity index (χ4v) is 10.1. The number of halogens is 2. The molecule has 8 aromatic carbocycles. The van der Waals surface area contributed by atoms with Crippen molar-refractivity contribution in [3.05, 3.63) is 166 Å². The Morgan fingerprint density at radius 1 is 0.627 bits per heavy atom. The fraction of sp³-hybridized carbons (Fsp3) is 0.115. The van der Waals surface area contributed by atoms with Crippen LogP contribution in [0.3, 0.4) is 0 Å². The minimum Gasteiger partial charge on any atom is -0.871 e. The van der Waals surface area contributed by atoms with E-state index in [1.165, 1.54) is 38.5 Å². The zero-order chi connectivity index (χ0) is 53.5. The Hall–Kier alpha value is -6.41. The molecule has 0 fully saturated rings. The maximum atomic E-state index is 13.4. The number of hydrogen-bond acceptors (Lipinski definition) is 15. The number of ether oxygens (including phenoxy) is 2. The first kappa shape index (κ1) is 57.9. The molecular weight excluding hydrogens is 1170 g/mol. The quantitative estimate of drug-likeness (QED) is 0.0260. The van der Waals surface area contributed by atoms with Crippen molar-refractivity contribution in [2.75, 3.05) is 19.5 Å². The van der Waals surface area contributed by atoms with Crippen LogP contribution >= 0.6 is 23.2 Å². The van der Waals surface area contributed by atoms with E-state index in [0.717, 1.165) is 0 Å². The predicted octanol–water partition coefficient (Wildman–Crippen LogP) is 11.5. The van der Waals surface area contributed by atoms with Crippen LogP contribution in [-0.2, 0) is 33.1 Å². The maximum absolute atomic E-state index is 13.4. The van der Waals surface area contributed by atoms with Crippen LogP contribution in [0.5, 0.6) is 23.0 Å². The number of benzene rings is 8. The van der Waals surface area contributed by atoms with Crippen LogP contribution in [0.4, 0.5) is 34.1 Å². The van der Waals surface area contributed by atoms with E-state index in [2.05, 4.69) is 30.8 Å². The second-order valence-corrected chi connectivity index (χ2v) is 19.3. The molecule has 0 saturated carbocycles. The topological polar surface area (TPSA) is 284 Å². The smallest absolute Gasteiger partial charge is 0.871 e. The normalized spacial score (nSPS) is 11.9. The number of phenolic OH excluding ortho intramolecular Hbond substituents is 1. The molecule has 0 radical (unpaired) electrons. The van der Waals surface area contributed by atoms with Crippen molar-refractivity contribution in [3.8, 4) is 23.0 Å². The molecule has 18 nitrogen and oxygen atoms in total. The zero-order valence-electron chi connectivity index (χ0n) is 40.1. The van der Waals surface area contributed by atoms with E-state index in [9.17, 15) is 46.1 Å². The van der Waals surface area contributed by atoms with Crippen LogP contribution in [0.1, 0.15) is 40.9 Å². The molecule has 380 valence electrons. The number of aromatic hydroxyl groups is 1. The fourth-order valence-electron chi connectivity index (χ4n) is 7.49. The molecule has 8 aromatic rings. The number of aryl methyl sites for hydroxylation is 2. The summed E-state index contributed by atoms with van der Waals surface area (Å²) in [6, 6.07) is 35.5. The average molecular weight is 1220 g/mol. The molecule has 0 aromatic heterocycles. The number of hydrogen-bond donors (Lipinski definition) is 4. The van der Waals surface area contributed by atoms with Gasteiger partial charge in [-0.2, -0.15) is 21.9 Å². The molecular formula is C52H42BaCl2N6O12S2. The molecule has 0 spiro atoms. The SMILES string of the molecule is CCc1ccc(N=Nc2c(O)c(C(=O)Nc3cccc(OC)c3)cc3ccccc23)c(S(=O)(=O)O)c1Cl.CCc1ccc(N=Nc2c([O-])c(C([O-])=Nc3cccc(OC)c3)cc3ccccc23)c(S(=O)(=O)O)c1Cl.[Ba+2]. The number of anilines is 1. The summed E-state index contributed by atoms with van der Waals surface area (Å²) in [5.74, 6) is -1.59. The van der Waals surface area contributed by atoms with Gasteiger partial charge in [-0.1, -0.05) is 116 Å². The summed E-state index contributed by atoms with van der Waals surface area (Å²) >= 11 is 12.4. The summed E-state index contributed by atoms with van der Waals surface area (Å²) in [5.41, 5.74) is 0.657. The van der Waals surface area contributed by atoms with E-state index >= 15 is 0 Å². The van der Waals surface area contributed by atoms with Gasteiger partial charge < -0.3 is 30.1 Å². The minimum absolute atomic E-state index is 0. The Labute approximate surface area is 481 Å². The van der Waals surface area contributed by atoms with Crippen LogP contribution in [0.25, 0.3) is 21.5 Å². The van der Waals surface area contributed by atoms with Crippen LogP contribution in [0, 0.1) is 0 Å². The summed E-state index contributed by atoms with van der Waals surface area (Å²) in [5, 5.41) is 57.8. The van der Waals surface area contributed by atoms with Crippen molar-refractivity contribution in [3.63, 3.8) is 0 Å². The molecule has 0 aliphatic rings. The number of carbonyl (C=O) groups is 1. The van der Waals surface area contributed by atoms with Gasteiger partial charge in [0.2, 0.25) is 0 Å². The summed E-state index contributed by atoms with van der Waals surface area (Å²) < 4.78 is 78.0. The third kappa shape index (κ3) is 13.3. The van der Waals surface area contributed by atoms with Gasteiger partial charge >= 0.3 is 48.9 Å². The molecule has 0 aliphatic heterocycles. The van der Waals surface area contributed by atoms with Crippen molar-refractivity contribution in [1.82, 2.24) is 0 Å². The van der Waals surface area contributed by atoms with Gasteiger partial charge in [-0.25, -0.2) is 0 Å². The minimum atomic E-state index is -4.76. The van der Waals surface area contributed by atoms with Crippen LogP contribution in [0.15, 0.2) is 169 Å². The Morgan fingerprint density at radius 3 is 1.63 bits per heavy atom.